The molecule has 0 saturated heterocycles. The molecule has 4 aromatic carbocycles. The number of rotatable bonds is 6. The number of amides is 1. The summed E-state index contributed by atoms with van der Waals surface area (Å²) < 4.78 is 0. The lowest BCUT2D eigenvalue weighted by molar-refractivity contribution is -0.122. The zero-order valence-electron chi connectivity index (χ0n) is 21.1. The zero-order chi connectivity index (χ0) is 26.8. The molecule has 1 N–H and O–H groups in total. The third-order valence-corrected chi connectivity index (χ3v) is 7.83. The van der Waals surface area contributed by atoms with Crippen LogP contribution in [0.2, 0.25) is 10.0 Å². The van der Waals surface area contributed by atoms with Gasteiger partial charge in [0.05, 0.1) is 33.9 Å². The lowest BCUT2D eigenvalue weighted by atomic mass is 9.91. The molecule has 0 aliphatic carbocycles. The summed E-state index contributed by atoms with van der Waals surface area (Å²) in [4.78, 5) is 26.2. The molecule has 1 amide bonds. The number of para-hydroxylation sites is 1. The van der Waals surface area contributed by atoms with Crippen molar-refractivity contribution >= 4 is 46.3 Å². The summed E-state index contributed by atoms with van der Waals surface area (Å²) in [5, 5.41) is 4.21. The predicted molar refractivity (Wildman–Crippen MR) is 159 cm³/mol. The molecule has 0 aromatic heterocycles. The van der Waals surface area contributed by atoms with Crippen molar-refractivity contribution in [3.8, 4) is 0 Å². The third kappa shape index (κ3) is 5.20. The molecule has 2 unspecified atom stereocenters. The van der Waals surface area contributed by atoms with Gasteiger partial charge in [-0.3, -0.25) is 14.8 Å². The molecule has 0 bridgehead atoms. The Morgan fingerprint density at radius 1 is 0.897 bits per heavy atom. The van der Waals surface area contributed by atoms with Crippen molar-refractivity contribution in [3.63, 3.8) is 0 Å². The molecule has 2 atom stereocenters. The smallest absolute Gasteiger partial charge is 0.229 e. The van der Waals surface area contributed by atoms with Gasteiger partial charge in [-0.15, -0.1) is 0 Å². The van der Waals surface area contributed by atoms with Crippen LogP contribution in [0.15, 0.2) is 113 Å². The minimum atomic E-state index is -0.636. The quantitative estimate of drug-likeness (QED) is 0.295. The van der Waals surface area contributed by atoms with E-state index in [1.165, 1.54) is 0 Å². The van der Waals surface area contributed by atoms with E-state index in [-0.39, 0.29) is 5.91 Å². The van der Waals surface area contributed by atoms with Crippen LogP contribution in [0.1, 0.15) is 28.2 Å². The van der Waals surface area contributed by atoms with Gasteiger partial charge in [0.25, 0.3) is 0 Å². The number of fused-ring (bicyclic) bond motifs is 3. The summed E-state index contributed by atoms with van der Waals surface area (Å²) >= 11 is 12.5. The van der Waals surface area contributed by atoms with E-state index < -0.39 is 12.1 Å². The molecule has 5 nitrogen and oxygen atoms in total. The second-order valence-corrected chi connectivity index (χ2v) is 10.4. The van der Waals surface area contributed by atoms with Crippen molar-refractivity contribution in [1.29, 1.82) is 0 Å². The van der Waals surface area contributed by atoms with Gasteiger partial charge in [0.15, 0.2) is 6.17 Å². The Kier molecular flexibility index (Phi) is 7.18. The Morgan fingerprint density at radius 2 is 1.62 bits per heavy atom. The van der Waals surface area contributed by atoms with Crippen LogP contribution in [0.3, 0.4) is 0 Å². The Bertz CT molecular complexity index is 1570. The van der Waals surface area contributed by atoms with Gasteiger partial charge in [-0.1, -0.05) is 108 Å². The van der Waals surface area contributed by atoms with Crippen molar-refractivity contribution in [2.75, 3.05) is 18.0 Å². The number of nitrogens with zero attached hydrogens (tertiary/aromatic N) is 3. The van der Waals surface area contributed by atoms with E-state index in [9.17, 15) is 4.79 Å². The first kappa shape index (κ1) is 25.4. The van der Waals surface area contributed by atoms with Gasteiger partial charge in [0.1, 0.15) is 5.84 Å². The monoisotopic (exact) mass is 552 g/mol. The second-order valence-electron chi connectivity index (χ2n) is 9.58. The van der Waals surface area contributed by atoms with Crippen LogP contribution in [-0.2, 0) is 11.2 Å². The van der Waals surface area contributed by atoms with E-state index in [2.05, 4.69) is 22.3 Å². The SMILES string of the molecule is O=C(NC1N=C(c2ccccc2)c2ccccc2N2CCN=C12)C(Cc1ccc(Cl)c(Cl)c1)c1ccccc1. The minimum Gasteiger partial charge on any atom is -0.327 e. The van der Waals surface area contributed by atoms with Crippen LogP contribution in [0.4, 0.5) is 5.69 Å². The molecule has 0 radical (unpaired) electrons. The zero-order valence-corrected chi connectivity index (χ0v) is 22.6. The van der Waals surface area contributed by atoms with Gasteiger partial charge < -0.3 is 10.2 Å². The van der Waals surface area contributed by atoms with Gasteiger partial charge in [-0.25, -0.2) is 0 Å². The van der Waals surface area contributed by atoms with E-state index >= 15 is 0 Å². The number of benzene rings is 4. The van der Waals surface area contributed by atoms with Crippen LogP contribution in [0.5, 0.6) is 0 Å². The number of carbonyl (C=O) groups excluding carboxylic acids is 1. The summed E-state index contributed by atoms with van der Waals surface area (Å²) in [5.41, 5.74) is 5.72. The maximum absolute atomic E-state index is 14.1. The van der Waals surface area contributed by atoms with Crippen molar-refractivity contribution in [2.45, 2.75) is 18.5 Å². The highest BCUT2D eigenvalue weighted by Crippen LogP contribution is 2.31. The maximum atomic E-state index is 14.1. The van der Waals surface area contributed by atoms with Crippen LogP contribution in [0.25, 0.3) is 0 Å². The first-order valence-electron chi connectivity index (χ1n) is 12.9. The standard InChI is InChI=1S/C32H26Cl2N4O/c33-26-16-15-21(20-27(26)34)19-25(22-9-3-1-4-10-22)32(39)37-30-31-35-17-18-38(31)28-14-8-7-13-24(28)29(36-30)23-11-5-2-6-12-23/h1-16,20,25,30H,17-19H2,(H,37,39). The normalized spacial score (nSPS) is 16.9. The number of halogens is 2. The van der Waals surface area contributed by atoms with Gasteiger partial charge in [-0.05, 0) is 35.7 Å². The largest absolute Gasteiger partial charge is 0.327 e. The van der Waals surface area contributed by atoms with Gasteiger partial charge in [-0.2, -0.15) is 0 Å². The van der Waals surface area contributed by atoms with E-state index in [1.54, 1.807) is 6.07 Å². The summed E-state index contributed by atoms with van der Waals surface area (Å²) in [7, 11) is 0. The van der Waals surface area contributed by atoms with Gasteiger partial charge in [0.2, 0.25) is 5.91 Å². The van der Waals surface area contributed by atoms with Crippen molar-refractivity contribution < 1.29 is 4.79 Å². The molecule has 7 heteroatoms. The average Bonchev–Trinajstić information content (AvgIpc) is 3.42. The fraction of sp³-hybridized carbons (Fsp3) is 0.156. The highest BCUT2D eigenvalue weighted by Gasteiger charge is 2.35. The van der Waals surface area contributed by atoms with E-state index in [0.29, 0.717) is 23.0 Å². The molecule has 6 rings (SSSR count). The fourth-order valence-electron chi connectivity index (χ4n) is 5.22. The molecule has 194 valence electrons. The highest BCUT2D eigenvalue weighted by atomic mass is 35.5. The number of anilines is 1. The van der Waals surface area contributed by atoms with E-state index in [0.717, 1.165) is 46.0 Å². The maximum Gasteiger partial charge on any atom is 0.229 e. The van der Waals surface area contributed by atoms with Crippen LogP contribution in [-0.4, -0.2) is 36.7 Å². The average molecular weight is 553 g/mol. The lowest BCUT2D eigenvalue weighted by Crippen LogP contribution is -2.47. The first-order valence-corrected chi connectivity index (χ1v) is 13.7. The summed E-state index contributed by atoms with van der Waals surface area (Å²) in [6.07, 6.45) is -0.173. The number of hydrogen-bond donors (Lipinski definition) is 1. The van der Waals surface area contributed by atoms with Crippen molar-refractivity contribution in [3.05, 3.63) is 135 Å². The lowest BCUT2D eigenvalue weighted by Gasteiger charge is -2.25. The number of hydrogen-bond acceptors (Lipinski definition) is 4. The summed E-state index contributed by atoms with van der Waals surface area (Å²) in [6.45, 7) is 1.39. The number of carbonyl (C=O) groups is 1. The van der Waals surface area contributed by atoms with Crippen LogP contribution >= 0.6 is 23.2 Å². The number of amidine groups is 1. The molecular formula is C32H26Cl2N4O. The Labute approximate surface area is 237 Å². The first-order chi connectivity index (χ1) is 19.1. The Morgan fingerprint density at radius 3 is 2.38 bits per heavy atom. The molecule has 4 aromatic rings. The predicted octanol–water partition coefficient (Wildman–Crippen LogP) is 6.53. The minimum absolute atomic E-state index is 0.131. The Hall–Kier alpha value is -3.93. The molecule has 39 heavy (non-hydrogen) atoms. The van der Waals surface area contributed by atoms with Crippen molar-refractivity contribution in [2.24, 2.45) is 9.98 Å². The fourth-order valence-corrected chi connectivity index (χ4v) is 5.54. The van der Waals surface area contributed by atoms with E-state index in [4.69, 9.17) is 33.2 Å². The molecule has 2 aliphatic rings. The molecular weight excluding hydrogens is 527 g/mol. The molecule has 2 aliphatic heterocycles. The van der Waals surface area contributed by atoms with Gasteiger partial charge in [0, 0.05) is 17.7 Å². The molecule has 2 heterocycles. The highest BCUT2D eigenvalue weighted by molar-refractivity contribution is 6.42. The second kappa shape index (κ2) is 11.0. The molecule has 0 spiro atoms. The summed E-state index contributed by atoms with van der Waals surface area (Å²) in [5.74, 6) is 0.164. The number of nitrogens with one attached hydrogen (secondary N) is 1. The summed E-state index contributed by atoms with van der Waals surface area (Å²) in [6, 6.07) is 33.6. The topological polar surface area (TPSA) is 57.1 Å². The number of aliphatic imine (C=N–C) groups is 2. The van der Waals surface area contributed by atoms with Crippen LogP contribution < -0.4 is 10.2 Å². The third-order valence-electron chi connectivity index (χ3n) is 7.10. The van der Waals surface area contributed by atoms with E-state index in [1.807, 2.05) is 84.9 Å². The van der Waals surface area contributed by atoms with Crippen LogP contribution in [0, 0.1) is 0 Å². The van der Waals surface area contributed by atoms with Gasteiger partial charge >= 0.3 is 0 Å². The molecule has 0 fully saturated rings. The molecule has 0 saturated carbocycles. The van der Waals surface area contributed by atoms with Crippen molar-refractivity contribution in [1.82, 2.24) is 5.32 Å². The Balaban J connectivity index is 1.39.